The van der Waals surface area contributed by atoms with Crippen molar-refractivity contribution in [2.75, 3.05) is 18.0 Å². The SMILES string of the molecule is CCc1cnc(N2CCC(N)CC2)cn1. The number of hydrogen-bond donors (Lipinski definition) is 1. The van der Waals surface area contributed by atoms with Gasteiger partial charge in [-0.1, -0.05) is 6.92 Å². The van der Waals surface area contributed by atoms with E-state index < -0.39 is 0 Å². The molecule has 1 aromatic rings. The van der Waals surface area contributed by atoms with E-state index in [1.807, 2.05) is 12.4 Å². The highest BCUT2D eigenvalue weighted by Gasteiger charge is 2.17. The Morgan fingerprint density at radius 1 is 1.33 bits per heavy atom. The fourth-order valence-corrected chi connectivity index (χ4v) is 1.82. The maximum atomic E-state index is 5.86. The van der Waals surface area contributed by atoms with Crippen LogP contribution in [0.15, 0.2) is 12.4 Å². The van der Waals surface area contributed by atoms with E-state index in [1.165, 1.54) is 0 Å². The quantitative estimate of drug-likeness (QED) is 0.783. The number of aryl methyl sites for hydroxylation is 1. The van der Waals surface area contributed by atoms with Crippen molar-refractivity contribution >= 4 is 5.82 Å². The summed E-state index contributed by atoms with van der Waals surface area (Å²) in [6, 6.07) is 0.365. The summed E-state index contributed by atoms with van der Waals surface area (Å²) in [5.74, 6) is 0.985. The molecule has 0 bridgehead atoms. The van der Waals surface area contributed by atoms with E-state index in [0.29, 0.717) is 6.04 Å². The molecule has 1 fully saturated rings. The molecule has 1 aliphatic heterocycles. The predicted molar refractivity (Wildman–Crippen MR) is 60.8 cm³/mol. The molecule has 15 heavy (non-hydrogen) atoms. The predicted octanol–water partition coefficient (Wildman–Crippen LogP) is 0.966. The zero-order chi connectivity index (χ0) is 10.7. The van der Waals surface area contributed by atoms with E-state index >= 15 is 0 Å². The van der Waals surface area contributed by atoms with Gasteiger partial charge in [-0.15, -0.1) is 0 Å². The summed E-state index contributed by atoms with van der Waals surface area (Å²) in [5, 5.41) is 0. The van der Waals surface area contributed by atoms with Crippen LogP contribution in [0.5, 0.6) is 0 Å². The van der Waals surface area contributed by atoms with Crippen LogP contribution < -0.4 is 10.6 Å². The van der Waals surface area contributed by atoms with Crippen LogP contribution in [-0.4, -0.2) is 29.1 Å². The van der Waals surface area contributed by atoms with E-state index in [0.717, 1.165) is 43.9 Å². The molecule has 0 saturated carbocycles. The van der Waals surface area contributed by atoms with Crippen LogP contribution in [0.1, 0.15) is 25.5 Å². The molecule has 1 saturated heterocycles. The molecule has 0 radical (unpaired) electrons. The van der Waals surface area contributed by atoms with Crippen molar-refractivity contribution in [1.29, 1.82) is 0 Å². The van der Waals surface area contributed by atoms with Crippen molar-refractivity contribution in [1.82, 2.24) is 9.97 Å². The lowest BCUT2D eigenvalue weighted by Crippen LogP contribution is -2.40. The zero-order valence-electron chi connectivity index (χ0n) is 9.19. The number of hydrogen-bond acceptors (Lipinski definition) is 4. The van der Waals surface area contributed by atoms with Crippen molar-refractivity contribution in [2.45, 2.75) is 32.2 Å². The molecule has 1 aliphatic rings. The van der Waals surface area contributed by atoms with Gasteiger partial charge in [0.15, 0.2) is 0 Å². The topological polar surface area (TPSA) is 55.0 Å². The Morgan fingerprint density at radius 2 is 2.07 bits per heavy atom. The average molecular weight is 206 g/mol. The first-order valence-corrected chi connectivity index (χ1v) is 5.61. The van der Waals surface area contributed by atoms with Gasteiger partial charge in [-0.2, -0.15) is 0 Å². The monoisotopic (exact) mass is 206 g/mol. The van der Waals surface area contributed by atoms with Crippen LogP contribution in [0.25, 0.3) is 0 Å². The van der Waals surface area contributed by atoms with Crippen LogP contribution in [0.3, 0.4) is 0 Å². The van der Waals surface area contributed by atoms with Gasteiger partial charge in [-0.3, -0.25) is 4.98 Å². The minimum atomic E-state index is 0.365. The summed E-state index contributed by atoms with van der Waals surface area (Å²) in [4.78, 5) is 11.0. The average Bonchev–Trinajstić information content (AvgIpc) is 2.30. The number of nitrogens with zero attached hydrogens (tertiary/aromatic N) is 3. The zero-order valence-corrected chi connectivity index (χ0v) is 9.19. The van der Waals surface area contributed by atoms with Crippen molar-refractivity contribution in [3.63, 3.8) is 0 Å². The molecule has 0 aliphatic carbocycles. The minimum absolute atomic E-state index is 0.365. The number of anilines is 1. The summed E-state index contributed by atoms with van der Waals surface area (Å²) in [6.45, 7) is 4.09. The van der Waals surface area contributed by atoms with Crippen molar-refractivity contribution < 1.29 is 0 Å². The molecular formula is C11H18N4. The summed E-state index contributed by atoms with van der Waals surface area (Å²) < 4.78 is 0. The highest BCUT2D eigenvalue weighted by molar-refractivity contribution is 5.36. The standard InChI is InChI=1S/C11H18N4/c1-2-10-7-14-11(8-13-10)15-5-3-9(12)4-6-15/h7-9H,2-6,12H2,1H3. The Balaban J connectivity index is 2.03. The molecule has 2 N–H and O–H groups in total. The summed E-state index contributed by atoms with van der Waals surface area (Å²) in [7, 11) is 0. The van der Waals surface area contributed by atoms with Gasteiger partial charge in [0.05, 0.1) is 18.1 Å². The normalized spacial score (nSPS) is 18.1. The first-order chi connectivity index (χ1) is 7.29. The number of piperidine rings is 1. The third-order valence-electron chi connectivity index (χ3n) is 2.92. The summed E-state index contributed by atoms with van der Waals surface area (Å²) in [5.41, 5.74) is 6.91. The van der Waals surface area contributed by atoms with Crippen LogP contribution in [-0.2, 0) is 6.42 Å². The number of nitrogens with two attached hydrogens (primary N) is 1. The summed E-state index contributed by atoms with van der Waals surface area (Å²) >= 11 is 0. The Hall–Kier alpha value is -1.16. The number of rotatable bonds is 2. The van der Waals surface area contributed by atoms with Crippen molar-refractivity contribution in [3.8, 4) is 0 Å². The van der Waals surface area contributed by atoms with E-state index in [1.54, 1.807) is 0 Å². The van der Waals surface area contributed by atoms with Gasteiger partial charge >= 0.3 is 0 Å². The number of aromatic nitrogens is 2. The van der Waals surface area contributed by atoms with Gasteiger partial charge < -0.3 is 10.6 Å². The van der Waals surface area contributed by atoms with Gasteiger partial charge in [0.25, 0.3) is 0 Å². The molecule has 4 nitrogen and oxygen atoms in total. The highest BCUT2D eigenvalue weighted by Crippen LogP contribution is 2.15. The largest absolute Gasteiger partial charge is 0.355 e. The second kappa shape index (κ2) is 4.57. The summed E-state index contributed by atoms with van der Waals surface area (Å²) in [6.07, 6.45) is 6.78. The Morgan fingerprint density at radius 3 is 2.60 bits per heavy atom. The van der Waals surface area contributed by atoms with E-state index in [-0.39, 0.29) is 0 Å². The van der Waals surface area contributed by atoms with Gasteiger partial charge in [-0.25, -0.2) is 4.98 Å². The molecule has 0 spiro atoms. The smallest absolute Gasteiger partial charge is 0.147 e. The molecule has 4 heteroatoms. The molecular weight excluding hydrogens is 188 g/mol. The minimum Gasteiger partial charge on any atom is -0.355 e. The fraction of sp³-hybridized carbons (Fsp3) is 0.636. The molecule has 1 aromatic heterocycles. The molecule has 0 amide bonds. The first kappa shape index (κ1) is 10.4. The van der Waals surface area contributed by atoms with Crippen LogP contribution >= 0.6 is 0 Å². The lowest BCUT2D eigenvalue weighted by atomic mass is 10.1. The fourth-order valence-electron chi connectivity index (χ4n) is 1.82. The Labute approximate surface area is 90.5 Å². The lowest BCUT2D eigenvalue weighted by Gasteiger charge is -2.30. The third-order valence-corrected chi connectivity index (χ3v) is 2.92. The third kappa shape index (κ3) is 2.45. The van der Waals surface area contributed by atoms with Crippen LogP contribution in [0.4, 0.5) is 5.82 Å². The molecule has 0 unspecified atom stereocenters. The lowest BCUT2D eigenvalue weighted by molar-refractivity contribution is 0.498. The van der Waals surface area contributed by atoms with Crippen molar-refractivity contribution in [2.24, 2.45) is 5.73 Å². The van der Waals surface area contributed by atoms with E-state index in [4.69, 9.17) is 5.73 Å². The maximum absolute atomic E-state index is 5.86. The second-order valence-corrected chi connectivity index (χ2v) is 4.04. The van der Waals surface area contributed by atoms with Gasteiger partial charge in [0, 0.05) is 19.1 Å². The molecule has 82 valence electrons. The molecule has 0 atom stereocenters. The Bertz CT molecular complexity index is 301. The molecule has 2 rings (SSSR count). The Kier molecular flexibility index (Phi) is 3.16. The van der Waals surface area contributed by atoms with Gasteiger partial charge in [0.2, 0.25) is 0 Å². The van der Waals surface area contributed by atoms with Gasteiger partial charge in [-0.05, 0) is 19.3 Å². The van der Waals surface area contributed by atoms with E-state index in [2.05, 4.69) is 21.8 Å². The van der Waals surface area contributed by atoms with Gasteiger partial charge in [0.1, 0.15) is 5.82 Å². The molecule has 0 aromatic carbocycles. The highest BCUT2D eigenvalue weighted by atomic mass is 15.2. The van der Waals surface area contributed by atoms with Crippen molar-refractivity contribution in [3.05, 3.63) is 18.1 Å². The molecule has 2 heterocycles. The second-order valence-electron chi connectivity index (χ2n) is 4.04. The first-order valence-electron chi connectivity index (χ1n) is 5.61. The van der Waals surface area contributed by atoms with Crippen LogP contribution in [0, 0.1) is 0 Å². The van der Waals surface area contributed by atoms with E-state index in [9.17, 15) is 0 Å². The van der Waals surface area contributed by atoms with Crippen LogP contribution in [0.2, 0.25) is 0 Å². The maximum Gasteiger partial charge on any atom is 0.147 e.